The molecule has 0 atom stereocenters. The van der Waals surface area contributed by atoms with E-state index in [1.807, 2.05) is 46.7 Å². The van der Waals surface area contributed by atoms with Crippen LogP contribution in [0.4, 0.5) is 0 Å². The van der Waals surface area contributed by atoms with Gasteiger partial charge in [0.1, 0.15) is 16.3 Å². The lowest BCUT2D eigenvalue weighted by atomic mass is 9.95. The number of imidazole rings is 1. The highest BCUT2D eigenvalue weighted by atomic mass is 32.1. The summed E-state index contributed by atoms with van der Waals surface area (Å²) in [4.78, 5) is 38.7. The number of carbonyl (C=O) groups is 2. The molecule has 37 heavy (non-hydrogen) atoms. The highest BCUT2D eigenvalue weighted by molar-refractivity contribution is 7.10. The highest BCUT2D eigenvalue weighted by Crippen LogP contribution is 2.54. The molecule has 6 rings (SSSR count). The summed E-state index contributed by atoms with van der Waals surface area (Å²) in [7, 11) is 2.08. The molecule has 0 bridgehead atoms. The zero-order chi connectivity index (χ0) is 25.7. The number of piperazine rings is 1. The van der Waals surface area contributed by atoms with E-state index < -0.39 is 5.91 Å². The average Bonchev–Trinajstić information content (AvgIpc) is 3.46. The van der Waals surface area contributed by atoms with Crippen molar-refractivity contribution in [2.75, 3.05) is 33.2 Å². The van der Waals surface area contributed by atoms with Gasteiger partial charge in [-0.05, 0) is 56.6 Å². The maximum Gasteiger partial charge on any atom is 0.274 e. The van der Waals surface area contributed by atoms with Gasteiger partial charge in [-0.3, -0.25) is 19.2 Å². The number of rotatable bonds is 5. The fraction of sp³-hybridized carbons (Fsp3) is 0.333. The average molecular weight is 517 g/mol. The number of aromatic nitrogens is 3. The number of nitrogens with one attached hydrogen (secondary N) is 1. The third-order valence-corrected chi connectivity index (χ3v) is 8.59. The second-order valence-electron chi connectivity index (χ2n) is 9.92. The first-order valence-corrected chi connectivity index (χ1v) is 13.3. The Morgan fingerprint density at radius 2 is 1.76 bits per heavy atom. The van der Waals surface area contributed by atoms with Gasteiger partial charge in [-0.1, -0.05) is 12.1 Å². The van der Waals surface area contributed by atoms with Gasteiger partial charge in [0.2, 0.25) is 0 Å². The van der Waals surface area contributed by atoms with E-state index in [9.17, 15) is 9.59 Å². The number of hydrogen-bond acceptors (Lipinski definition) is 7. The fourth-order valence-corrected chi connectivity index (χ4v) is 6.24. The standard InChI is InChI=1S/C27H28N6O3S/c1-17-23(33-10-7-19(15-22(33)28-17)25(35)32-13-11-31(2)12-14-32)21-16-37-26(29-21)27(8-9-27)20-5-3-18(4-6-20)24(34)30-36/h3-7,10,15-16,36H,8-9,11-14H2,1-2H3,(H,30,34). The Morgan fingerprint density at radius 3 is 2.43 bits per heavy atom. The normalized spacial score (nSPS) is 17.2. The van der Waals surface area contributed by atoms with Crippen LogP contribution >= 0.6 is 11.3 Å². The molecule has 9 nitrogen and oxygen atoms in total. The van der Waals surface area contributed by atoms with E-state index in [4.69, 9.17) is 15.2 Å². The molecule has 0 radical (unpaired) electrons. The van der Waals surface area contributed by atoms with Gasteiger partial charge in [-0.2, -0.15) is 0 Å². The van der Waals surface area contributed by atoms with Crippen LogP contribution < -0.4 is 5.48 Å². The molecule has 2 amide bonds. The molecule has 2 aliphatic rings. The van der Waals surface area contributed by atoms with Crippen molar-refractivity contribution in [3.63, 3.8) is 0 Å². The van der Waals surface area contributed by atoms with Crippen LogP contribution in [0.1, 0.15) is 49.8 Å². The molecule has 3 aromatic heterocycles. The first-order chi connectivity index (χ1) is 17.9. The van der Waals surface area contributed by atoms with Crippen LogP contribution in [0.2, 0.25) is 0 Å². The molecular formula is C27H28N6O3S. The Labute approximate surface area is 218 Å². The smallest absolute Gasteiger partial charge is 0.274 e. The van der Waals surface area contributed by atoms with Crippen LogP contribution in [0.25, 0.3) is 17.0 Å². The SMILES string of the molecule is Cc1nc2cc(C(=O)N3CCN(C)CC3)ccn2c1-c1csc(C2(c3ccc(C(=O)NO)cc3)CC2)n1. The zero-order valence-electron chi connectivity index (χ0n) is 20.8. The molecule has 4 heterocycles. The topological polar surface area (TPSA) is 103 Å². The van der Waals surface area contributed by atoms with Crippen LogP contribution in [0, 0.1) is 6.92 Å². The molecular weight excluding hydrogens is 488 g/mol. The molecule has 1 aliphatic heterocycles. The van der Waals surface area contributed by atoms with Gasteiger partial charge < -0.3 is 9.80 Å². The minimum atomic E-state index is -0.524. The lowest BCUT2D eigenvalue weighted by molar-refractivity contribution is 0.0663. The molecule has 0 spiro atoms. The molecule has 1 saturated carbocycles. The quantitative estimate of drug-likeness (QED) is 0.312. The Kier molecular flexibility index (Phi) is 5.82. The summed E-state index contributed by atoms with van der Waals surface area (Å²) >= 11 is 1.64. The Bertz CT molecular complexity index is 1500. The van der Waals surface area contributed by atoms with E-state index in [-0.39, 0.29) is 11.3 Å². The summed E-state index contributed by atoms with van der Waals surface area (Å²) in [6, 6.07) is 11.1. The lowest BCUT2D eigenvalue weighted by Gasteiger charge is -2.32. The van der Waals surface area contributed by atoms with Gasteiger partial charge in [0, 0.05) is 54.3 Å². The summed E-state index contributed by atoms with van der Waals surface area (Å²) in [5.41, 5.74) is 7.11. The number of hydrogen-bond donors (Lipinski definition) is 2. The summed E-state index contributed by atoms with van der Waals surface area (Å²) in [5, 5.41) is 12.0. The summed E-state index contributed by atoms with van der Waals surface area (Å²) < 4.78 is 2.01. The molecule has 2 N–H and O–H groups in total. The van der Waals surface area contributed by atoms with E-state index in [1.165, 1.54) is 0 Å². The fourth-order valence-electron chi connectivity index (χ4n) is 5.15. The molecule has 4 aromatic rings. The van der Waals surface area contributed by atoms with Crippen LogP contribution in [-0.2, 0) is 5.41 Å². The summed E-state index contributed by atoms with van der Waals surface area (Å²) in [6.45, 7) is 5.22. The molecule has 1 aliphatic carbocycles. The van der Waals surface area contributed by atoms with E-state index in [0.717, 1.165) is 72.3 Å². The van der Waals surface area contributed by atoms with Gasteiger partial charge in [0.15, 0.2) is 0 Å². The zero-order valence-corrected chi connectivity index (χ0v) is 21.6. The number of nitrogens with zero attached hydrogens (tertiary/aromatic N) is 5. The number of pyridine rings is 1. The first-order valence-electron chi connectivity index (χ1n) is 12.4. The van der Waals surface area contributed by atoms with Crippen molar-refractivity contribution < 1.29 is 14.8 Å². The number of benzene rings is 1. The second-order valence-corrected chi connectivity index (χ2v) is 10.8. The molecule has 1 saturated heterocycles. The third kappa shape index (κ3) is 4.11. The van der Waals surface area contributed by atoms with Crippen molar-refractivity contribution in [3.05, 3.63) is 75.4 Å². The van der Waals surface area contributed by atoms with Crippen molar-refractivity contribution in [2.45, 2.75) is 25.2 Å². The van der Waals surface area contributed by atoms with E-state index in [1.54, 1.807) is 28.9 Å². The van der Waals surface area contributed by atoms with Gasteiger partial charge in [0.05, 0.1) is 11.4 Å². The minimum Gasteiger partial charge on any atom is -0.336 e. The van der Waals surface area contributed by atoms with Crippen LogP contribution in [-0.4, -0.2) is 74.4 Å². The third-order valence-electron chi connectivity index (χ3n) is 7.55. The minimum absolute atomic E-state index is 0.0481. The summed E-state index contributed by atoms with van der Waals surface area (Å²) in [6.07, 6.45) is 3.91. The number of thiazole rings is 1. The number of hydroxylamine groups is 1. The molecule has 190 valence electrons. The van der Waals surface area contributed by atoms with Crippen LogP contribution in [0.15, 0.2) is 48.0 Å². The van der Waals surface area contributed by atoms with Crippen molar-refractivity contribution in [3.8, 4) is 11.4 Å². The van der Waals surface area contributed by atoms with E-state index >= 15 is 0 Å². The van der Waals surface area contributed by atoms with Gasteiger partial charge >= 0.3 is 0 Å². The number of amides is 2. The largest absolute Gasteiger partial charge is 0.336 e. The monoisotopic (exact) mass is 516 g/mol. The van der Waals surface area contributed by atoms with Gasteiger partial charge in [-0.15, -0.1) is 11.3 Å². The van der Waals surface area contributed by atoms with Crippen molar-refractivity contribution in [1.82, 2.24) is 29.6 Å². The first kappa shape index (κ1) is 23.8. The number of likely N-dealkylation sites (N-methyl/N-ethyl adjacent to an activating group) is 1. The summed E-state index contributed by atoms with van der Waals surface area (Å²) in [5.74, 6) is -0.476. The van der Waals surface area contributed by atoms with Crippen molar-refractivity contribution in [1.29, 1.82) is 0 Å². The Hall–Kier alpha value is -3.60. The lowest BCUT2D eigenvalue weighted by Crippen LogP contribution is -2.47. The van der Waals surface area contributed by atoms with Crippen LogP contribution in [0.5, 0.6) is 0 Å². The van der Waals surface area contributed by atoms with E-state index in [0.29, 0.717) is 11.1 Å². The predicted molar refractivity (Wildman–Crippen MR) is 140 cm³/mol. The number of fused-ring (bicyclic) bond motifs is 1. The Morgan fingerprint density at radius 1 is 1.03 bits per heavy atom. The Balaban J connectivity index is 1.28. The maximum atomic E-state index is 13.1. The molecule has 2 fully saturated rings. The number of aryl methyl sites for hydroxylation is 1. The molecule has 0 unspecified atom stereocenters. The predicted octanol–water partition coefficient (Wildman–Crippen LogP) is 3.35. The molecule has 1 aromatic carbocycles. The molecule has 10 heteroatoms. The highest BCUT2D eigenvalue weighted by Gasteiger charge is 2.48. The van der Waals surface area contributed by atoms with Crippen molar-refractivity contribution in [2.24, 2.45) is 0 Å². The van der Waals surface area contributed by atoms with E-state index in [2.05, 4.69) is 17.3 Å². The number of carbonyl (C=O) groups excluding carboxylic acids is 2. The maximum absolute atomic E-state index is 13.1. The van der Waals surface area contributed by atoms with Gasteiger partial charge in [0.25, 0.3) is 11.8 Å². The van der Waals surface area contributed by atoms with Crippen molar-refractivity contribution >= 4 is 28.8 Å². The van der Waals surface area contributed by atoms with Gasteiger partial charge in [-0.25, -0.2) is 15.4 Å². The second kappa shape index (κ2) is 9.05. The van der Waals surface area contributed by atoms with Crippen LogP contribution in [0.3, 0.4) is 0 Å².